The Kier molecular flexibility index (Phi) is 6.44. The van der Waals surface area contributed by atoms with Crippen LogP contribution in [0.1, 0.15) is 6.42 Å². The first-order chi connectivity index (χ1) is 9.72. The number of carboxylic acid groups (broad SMARTS) is 1. The van der Waals surface area contributed by atoms with Gasteiger partial charge in [-0.25, -0.2) is 4.79 Å². The number of quaternary nitrogens is 1. The summed E-state index contributed by atoms with van der Waals surface area (Å²) in [6.07, 6.45) is -0.505. The molecule has 1 aliphatic rings. The van der Waals surface area contributed by atoms with E-state index in [0.29, 0.717) is 4.48 Å². The molecule has 0 spiro atoms. The van der Waals surface area contributed by atoms with Crippen LogP contribution < -0.4 is 0 Å². The van der Waals surface area contributed by atoms with Gasteiger partial charge >= 0.3 is 5.97 Å². The zero-order chi connectivity index (χ0) is 16.0. The number of ketones is 2. The summed E-state index contributed by atoms with van der Waals surface area (Å²) in [5.41, 5.74) is 0. The summed E-state index contributed by atoms with van der Waals surface area (Å²) in [7, 11) is 6.11. The maximum Gasteiger partial charge on any atom is 0.372 e. The van der Waals surface area contributed by atoms with E-state index in [1.165, 1.54) is 0 Å². The highest BCUT2D eigenvalue weighted by atomic mass is 16.4. The summed E-state index contributed by atoms with van der Waals surface area (Å²) in [6, 6.07) is 0. The standard InChI is InChI=1S/C14H25N3O4/c1-15-4-5-16(2)7-9-17(3,8-6-15)11-12(18)10-13(19)14(20)21/h4-11H2,1-3H3/p+1. The third-order valence-electron chi connectivity index (χ3n) is 4.06. The molecule has 0 unspecified atom stereocenters. The Balaban J connectivity index is 2.65. The van der Waals surface area contributed by atoms with Gasteiger partial charge in [0.1, 0.15) is 6.54 Å². The van der Waals surface area contributed by atoms with Gasteiger partial charge < -0.3 is 9.59 Å². The summed E-state index contributed by atoms with van der Waals surface area (Å²) in [4.78, 5) is 38.1. The van der Waals surface area contributed by atoms with Gasteiger partial charge in [0, 0.05) is 26.2 Å². The van der Waals surface area contributed by atoms with E-state index in [0.717, 1.165) is 39.3 Å². The number of Topliss-reactive ketones (excluding diaryl/α,β-unsaturated/α-hetero) is 2. The molecular weight excluding hydrogens is 274 g/mol. The van der Waals surface area contributed by atoms with E-state index in [-0.39, 0.29) is 12.3 Å². The van der Waals surface area contributed by atoms with Crippen LogP contribution in [0.2, 0.25) is 0 Å². The van der Waals surface area contributed by atoms with E-state index >= 15 is 0 Å². The second-order valence-corrected chi connectivity index (χ2v) is 6.28. The third-order valence-corrected chi connectivity index (χ3v) is 4.06. The number of carboxylic acids is 1. The minimum atomic E-state index is -1.53. The highest BCUT2D eigenvalue weighted by molar-refractivity contribution is 6.36. The van der Waals surface area contributed by atoms with Gasteiger partial charge in [0.2, 0.25) is 5.78 Å². The van der Waals surface area contributed by atoms with Crippen LogP contribution in [0.3, 0.4) is 0 Å². The summed E-state index contributed by atoms with van der Waals surface area (Å²) in [6.45, 7) is 5.58. The molecule has 7 nitrogen and oxygen atoms in total. The van der Waals surface area contributed by atoms with Gasteiger partial charge in [-0.3, -0.25) is 19.4 Å². The number of likely N-dealkylation sites (N-methyl/N-ethyl adjacent to an activating group) is 3. The summed E-state index contributed by atoms with van der Waals surface area (Å²) >= 11 is 0. The van der Waals surface area contributed by atoms with Crippen molar-refractivity contribution in [1.82, 2.24) is 9.80 Å². The molecule has 1 aliphatic heterocycles. The Hall–Kier alpha value is -1.31. The van der Waals surface area contributed by atoms with E-state index in [9.17, 15) is 14.4 Å². The lowest BCUT2D eigenvalue weighted by atomic mass is 10.1. The maximum absolute atomic E-state index is 12.0. The molecule has 1 N–H and O–H groups in total. The van der Waals surface area contributed by atoms with Crippen molar-refractivity contribution in [1.29, 1.82) is 0 Å². The predicted molar refractivity (Wildman–Crippen MR) is 78.0 cm³/mol. The molecule has 0 amide bonds. The average Bonchev–Trinajstić information content (AvgIpc) is 2.45. The molecular formula is C14H26N3O4+. The number of carbonyl (C=O) groups is 3. The number of hydrogen-bond donors (Lipinski definition) is 1. The molecule has 0 bridgehead atoms. The van der Waals surface area contributed by atoms with Crippen molar-refractivity contribution in [3.05, 3.63) is 0 Å². The molecule has 1 fully saturated rings. The lowest BCUT2D eigenvalue weighted by molar-refractivity contribution is -0.900. The van der Waals surface area contributed by atoms with Crippen molar-refractivity contribution >= 4 is 17.5 Å². The second kappa shape index (κ2) is 7.63. The second-order valence-electron chi connectivity index (χ2n) is 6.28. The van der Waals surface area contributed by atoms with Gasteiger partial charge in [-0.05, 0) is 14.1 Å². The topological polar surface area (TPSA) is 77.9 Å². The SMILES string of the molecule is CN1CCN(C)CC[N+](C)(CC(=O)CC(=O)C(=O)O)CC1. The quantitative estimate of drug-likeness (QED) is 0.395. The summed E-state index contributed by atoms with van der Waals surface area (Å²) < 4.78 is 0.542. The van der Waals surface area contributed by atoms with Gasteiger partial charge in [0.15, 0.2) is 5.78 Å². The highest BCUT2D eigenvalue weighted by Crippen LogP contribution is 2.07. The van der Waals surface area contributed by atoms with E-state index in [1.807, 2.05) is 7.05 Å². The highest BCUT2D eigenvalue weighted by Gasteiger charge is 2.29. The molecule has 21 heavy (non-hydrogen) atoms. The Morgan fingerprint density at radius 2 is 1.48 bits per heavy atom. The fourth-order valence-corrected chi connectivity index (χ4v) is 2.40. The average molecular weight is 300 g/mol. The van der Waals surface area contributed by atoms with Crippen molar-refractivity contribution in [3.8, 4) is 0 Å². The Morgan fingerprint density at radius 1 is 1.00 bits per heavy atom. The Morgan fingerprint density at radius 3 is 1.90 bits per heavy atom. The minimum Gasteiger partial charge on any atom is -0.475 e. The summed E-state index contributed by atoms with van der Waals surface area (Å²) in [5, 5.41) is 8.57. The van der Waals surface area contributed by atoms with Gasteiger partial charge in [-0.15, -0.1) is 0 Å². The lowest BCUT2D eigenvalue weighted by Crippen LogP contribution is -2.53. The van der Waals surface area contributed by atoms with Crippen molar-refractivity contribution in [2.24, 2.45) is 0 Å². The zero-order valence-electron chi connectivity index (χ0n) is 13.2. The van der Waals surface area contributed by atoms with Crippen LogP contribution in [0, 0.1) is 0 Å². The monoisotopic (exact) mass is 300 g/mol. The normalized spacial score (nSPS) is 21.1. The molecule has 7 heteroatoms. The first-order valence-electron chi connectivity index (χ1n) is 7.20. The van der Waals surface area contributed by atoms with Crippen molar-refractivity contribution in [2.45, 2.75) is 6.42 Å². The first-order valence-corrected chi connectivity index (χ1v) is 7.20. The number of hydrogen-bond acceptors (Lipinski definition) is 5. The molecule has 120 valence electrons. The van der Waals surface area contributed by atoms with Crippen molar-refractivity contribution < 1.29 is 24.0 Å². The van der Waals surface area contributed by atoms with Gasteiger partial charge in [0.25, 0.3) is 0 Å². The van der Waals surface area contributed by atoms with Gasteiger partial charge in [-0.2, -0.15) is 0 Å². The number of nitrogens with zero attached hydrogens (tertiary/aromatic N) is 3. The smallest absolute Gasteiger partial charge is 0.372 e. The molecule has 0 radical (unpaired) electrons. The maximum atomic E-state index is 12.0. The molecule has 1 heterocycles. The van der Waals surface area contributed by atoms with Crippen molar-refractivity contribution in [2.75, 3.05) is 67.0 Å². The fourth-order valence-electron chi connectivity index (χ4n) is 2.40. The van der Waals surface area contributed by atoms with Crippen LogP contribution in [0.15, 0.2) is 0 Å². The lowest BCUT2D eigenvalue weighted by Gasteiger charge is -2.35. The Bertz CT molecular complexity index is 397. The van der Waals surface area contributed by atoms with E-state index in [1.54, 1.807) is 0 Å². The molecule has 0 atom stereocenters. The van der Waals surface area contributed by atoms with Crippen LogP contribution in [0.5, 0.6) is 0 Å². The molecule has 1 rings (SSSR count). The number of aliphatic carboxylic acids is 1. The van der Waals surface area contributed by atoms with Crippen molar-refractivity contribution in [3.63, 3.8) is 0 Å². The minimum absolute atomic E-state index is 0.209. The van der Waals surface area contributed by atoms with Crippen LogP contribution in [0.4, 0.5) is 0 Å². The third kappa shape index (κ3) is 6.33. The molecule has 0 aromatic rings. The molecule has 1 saturated heterocycles. The van der Waals surface area contributed by atoms with E-state index < -0.39 is 18.2 Å². The predicted octanol–water partition coefficient (Wildman–Crippen LogP) is -1.08. The van der Waals surface area contributed by atoms with Gasteiger partial charge in [-0.1, -0.05) is 0 Å². The van der Waals surface area contributed by atoms with Crippen LogP contribution in [-0.4, -0.2) is 104 Å². The largest absolute Gasteiger partial charge is 0.475 e. The van der Waals surface area contributed by atoms with Crippen LogP contribution >= 0.6 is 0 Å². The first kappa shape index (κ1) is 17.7. The van der Waals surface area contributed by atoms with Crippen LogP contribution in [-0.2, 0) is 14.4 Å². The molecule has 0 aliphatic carbocycles. The van der Waals surface area contributed by atoms with Crippen LogP contribution in [0.25, 0.3) is 0 Å². The molecule has 0 saturated carbocycles. The van der Waals surface area contributed by atoms with E-state index in [2.05, 4.69) is 23.9 Å². The zero-order valence-corrected chi connectivity index (χ0v) is 13.2. The van der Waals surface area contributed by atoms with Gasteiger partial charge in [0.05, 0.1) is 26.6 Å². The Labute approximate surface area is 125 Å². The molecule has 0 aromatic heterocycles. The summed E-state index contributed by atoms with van der Waals surface area (Å²) in [5.74, 6) is -2.85. The number of carbonyl (C=O) groups excluding carboxylic acids is 2. The molecule has 0 aromatic carbocycles. The van der Waals surface area contributed by atoms with E-state index in [4.69, 9.17) is 5.11 Å². The number of rotatable bonds is 5. The fraction of sp³-hybridized carbons (Fsp3) is 0.786.